The van der Waals surface area contributed by atoms with Crippen LogP contribution in [0, 0.1) is 20.8 Å². The summed E-state index contributed by atoms with van der Waals surface area (Å²) < 4.78 is 33.2. The number of benzene rings is 3. The van der Waals surface area contributed by atoms with Crippen LogP contribution in [0.1, 0.15) is 112 Å². The van der Waals surface area contributed by atoms with Crippen LogP contribution in [-0.4, -0.2) is 89.9 Å². The van der Waals surface area contributed by atoms with Crippen LogP contribution in [0.3, 0.4) is 0 Å². The summed E-state index contributed by atoms with van der Waals surface area (Å²) in [4.78, 5) is 0. The summed E-state index contributed by atoms with van der Waals surface area (Å²) in [5, 5.41) is 57.7. The van der Waals surface area contributed by atoms with Crippen LogP contribution in [0.2, 0.25) is 0 Å². The molecule has 1 unspecified atom stereocenters. The number of aliphatic hydroxyl groups excluding tert-OH is 2. The molecule has 0 amide bonds. The summed E-state index contributed by atoms with van der Waals surface area (Å²) >= 11 is 0. The van der Waals surface area contributed by atoms with Crippen molar-refractivity contribution in [3.05, 3.63) is 69.8 Å². The van der Waals surface area contributed by atoms with E-state index < -0.39 is 33.1 Å². The number of fused-ring (bicyclic) bond motifs is 3. The molecule has 3 aliphatic rings. The Morgan fingerprint density at radius 1 is 0.648 bits per heavy atom. The molecular formula is C39H57B3O12. The highest BCUT2D eigenvalue weighted by molar-refractivity contribution is 6.64. The van der Waals surface area contributed by atoms with E-state index in [1.165, 1.54) is 0 Å². The zero-order valence-corrected chi connectivity index (χ0v) is 33.1. The number of hydrogen-bond acceptors (Lipinski definition) is 12. The van der Waals surface area contributed by atoms with Crippen molar-refractivity contribution < 1.29 is 58.6 Å². The molecule has 0 spiro atoms. The van der Waals surface area contributed by atoms with E-state index in [2.05, 4.69) is 0 Å². The highest BCUT2D eigenvalue weighted by Crippen LogP contribution is 2.35. The molecule has 6 rings (SSSR count). The minimum atomic E-state index is -0.948. The van der Waals surface area contributed by atoms with Crippen molar-refractivity contribution in [3.8, 4) is 17.2 Å². The van der Waals surface area contributed by atoms with Crippen molar-refractivity contribution in [1.29, 1.82) is 0 Å². The van der Waals surface area contributed by atoms with E-state index in [9.17, 15) is 25.3 Å². The van der Waals surface area contributed by atoms with Gasteiger partial charge in [0, 0.05) is 16.4 Å². The molecule has 54 heavy (non-hydrogen) atoms. The Morgan fingerprint density at radius 2 is 1.00 bits per heavy atom. The lowest BCUT2D eigenvalue weighted by atomic mass is 9.77. The molecule has 0 aromatic heterocycles. The minimum absolute atomic E-state index is 0.0448. The van der Waals surface area contributed by atoms with Crippen LogP contribution in [0.25, 0.3) is 0 Å². The highest BCUT2D eigenvalue weighted by atomic mass is 16.5. The second-order valence-electron chi connectivity index (χ2n) is 14.6. The average molecular weight is 750 g/mol. The third-order valence-corrected chi connectivity index (χ3v) is 9.50. The van der Waals surface area contributed by atoms with E-state index in [-0.39, 0.29) is 44.7 Å². The second kappa shape index (κ2) is 19.2. The van der Waals surface area contributed by atoms with Crippen molar-refractivity contribution in [1.82, 2.24) is 0 Å². The zero-order valence-electron chi connectivity index (χ0n) is 33.1. The molecule has 15 heteroatoms. The third kappa shape index (κ3) is 10.2. The lowest BCUT2D eigenvalue weighted by Gasteiger charge is -2.20. The molecule has 6 N–H and O–H groups in total. The Bertz CT molecular complexity index is 1700. The Labute approximate surface area is 320 Å². The smallest absolute Gasteiger partial charge is 0.492 e. The molecule has 0 aliphatic carbocycles. The first kappa shape index (κ1) is 43.6. The monoisotopic (exact) mass is 750 g/mol. The Morgan fingerprint density at radius 3 is 1.31 bits per heavy atom. The molecule has 0 fully saturated rings. The summed E-state index contributed by atoms with van der Waals surface area (Å²) in [6, 6.07) is 11.3. The molecule has 3 heterocycles. The van der Waals surface area contributed by atoms with Crippen molar-refractivity contribution in [2.45, 2.75) is 112 Å². The van der Waals surface area contributed by atoms with E-state index in [1.807, 2.05) is 77.9 Å². The minimum Gasteiger partial charge on any atom is -0.492 e. The summed E-state index contributed by atoms with van der Waals surface area (Å²) in [6.45, 7) is 17.7. The standard InChI is InChI=1S/C14H21BO4.C13H19BO4.C12H17BO4/c1-5-10-12-9(2)6-7-11(13(12)15(17)19-10)18-8-14(3,4)16;1-4-10-12-8(2)5-6-11(17-7-9(3)15)13(12)14(16)18-10;1-3-9-11-8(2)4-5-10(16-7-6-14)12(11)13(15)17-9/h6-7,10,16-17H,5,8H2,1-4H3;5-6,9-10,15-16H,4,7H2,1-3H3;4-5,9,14-15H,3,6-7H2,1-2H3/t10-;9?,10-;9-/m111/s1. The number of ether oxygens (including phenoxy) is 3. The van der Waals surface area contributed by atoms with E-state index in [4.69, 9.17) is 33.3 Å². The van der Waals surface area contributed by atoms with Gasteiger partial charge in [-0.25, -0.2) is 0 Å². The number of hydrogen-bond donors (Lipinski definition) is 6. The van der Waals surface area contributed by atoms with Crippen molar-refractivity contribution in [3.63, 3.8) is 0 Å². The summed E-state index contributed by atoms with van der Waals surface area (Å²) in [5.41, 5.74) is 7.56. The van der Waals surface area contributed by atoms with Crippen LogP contribution >= 0.6 is 0 Å². The van der Waals surface area contributed by atoms with Crippen LogP contribution in [0.4, 0.5) is 0 Å². The maximum atomic E-state index is 10.1. The topological polar surface area (TPSA) is 177 Å². The number of rotatable bonds is 12. The van der Waals surface area contributed by atoms with Crippen LogP contribution in [0.15, 0.2) is 36.4 Å². The molecule has 3 aromatic rings. The van der Waals surface area contributed by atoms with Gasteiger partial charge >= 0.3 is 21.4 Å². The molecule has 3 aliphatic heterocycles. The molecule has 294 valence electrons. The molecule has 12 nitrogen and oxygen atoms in total. The third-order valence-electron chi connectivity index (χ3n) is 9.50. The fourth-order valence-corrected chi connectivity index (χ4v) is 7.00. The quantitative estimate of drug-likeness (QED) is 0.150. The van der Waals surface area contributed by atoms with Crippen molar-refractivity contribution in [2.24, 2.45) is 0 Å². The fraction of sp³-hybridized carbons (Fsp3) is 0.538. The Balaban J connectivity index is 0.000000181. The van der Waals surface area contributed by atoms with Gasteiger partial charge in [-0.15, -0.1) is 0 Å². The largest absolute Gasteiger partial charge is 0.495 e. The normalized spacial score (nSPS) is 18.9. The van der Waals surface area contributed by atoms with Gasteiger partial charge in [-0.05, 0) is 112 Å². The average Bonchev–Trinajstić information content (AvgIpc) is 3.79. The fourth-order valence-electron chi connectivity index (χ4n) is 7.00. The lowest BCUT2D eigenvalue weighted by Crippen LogP contribution is -2.34. The maximum absolute atomic E-state index is 10.1. The van der Waals surface area contributed by atoms with Gasteiger partial charge in [0.2, 0.25) is 0 Å². The number of aliphatic hydroxyl groups is 3. The molecule has 3 aromatic carbocycles. The zero-order chi connectivity index (χ0) is 39.9. The second-order valence-corrected chi connectivity index (χ2v) is 14.6. The van der Waals surface area contributed by atoms with Gasteiger partial charge in [-0.2, -0.15) is 0 Å². The summed E-state index contributed by atoms with van der Waals surface area (Å²) in [6.07, 6.45) is 1.65. The van der Waals surface area contributed by atoms with Gasteiger partial charge in [0.15, 0.2) is 0 Å². The predicted octanol–water partition coefficient (Wildman–Crippen LogP) is 2.77. The molecule has 0 bridgehead atoms. The highest BCUT2D eigenvalue weighted by Gasteiger charge is 2.40. The van der Waals surface area contributed by atoms with E-state index in [0.717, 1.165) is 52.6 Å². The lowest BCUT2D eigenvalue weighted by molar-refractivity contribution is 0.0288. The van der Waals surface area contributed by atoms with Crippen molar-refractivity contribution in [2.75, 3.05) is 26.4 Å². The van der Waals surface area contributed by atoms with Crippen molar-refractivity contribution >= 4 is 37.7 Å². The van der Waals surface area contributed by atoms with E-state index in [1.54, 1.807) is 20.8 Å². The maximum Gasteiger partial charge on any atom is 0.495 e. The molecule has 4 atom stereocenters. The van der Waals surface area contributed by atoms with E-state index >= 15 is 0 Å². The summed E-state index contributed by atoms with van der Waals surface area (Å²) in [7, 11) is -2.81. The Kier molecular flexibility index (Phi) is 15.5. The molecular weight excluding hydrogens is 693 g/mol. The van der Waals surface area contributed by atoms with Gasteiger partial charge in [0.25, 0.3) is 0 Å². The van der Waals surface area contributed by atoms with Gasteiger partial charge in [0.05, 0.1) is 36.6 Å². The predicted molar refractivity (Wildman–Crippen MR) is 210 cm³/mol. The van der Waals surface area contributed by atoms with Crippen LogP contribution in [0.5, 0.6) is 17.2 Å². The Hall–Kier alpha value is -3.11. The van der Waals surface area contributed by atoms with E-state index in [0.29, 0.717) is 33.6 Å². The van der Waals surface area contributed by atoms with Gasteiger partial charge in [-0.3, -0.25) is 0 Å². The number of aryl methyl sites for hydroxylation is 3. The van der Waals surface area contributed by atoms with Gasteiger partial charge < -0.3 is 58.6 Å². The molecule has 0 radical (unpaired) electrons. The van der Waals surface area contributed by atoms with Gasteiger partial charge in [0.1, 0.15) is 37.1 Å². The molecule has 0 saturated heterocycles. The summed E-state index contributed by atoms with van der Waals surface area (Å²) in [5.74, 6) is 1.79. The first-order valence-corrected chi connectivity index (χ1v) is 18.9. The van der Waals surface area contributed by atoms with Crippen LogP contribution in [-0.2, 0) is 14.0 Å². The van der Waals surface area contributed by atoms with Gasteiger partial charge in [-0.1, -0.05) is 39.0 Å². The first-order valence-electron chi connectivity index (χ1n) is 18.9. The molecule has 0 saturated carbocycles. The first-order chi connectivity index (χ1) is 25.6. The SMILES string of the molecule is CC[C@H]1OB(O)c2c(OCC(C)(C)O)ccc(C)c21.CC[C@H]1OB(O)c2c(OCC(C)O)ccc(C)c21.CC[C@H]1OB(O)c2c(OCCO)ccc(C)c21. The van der Waals surface area contributed by atoms with Crippen LogP contribution < -0.4 is 30.6 Å².